The van der Waals surface area contributed by atoms with Crippen LogP contribution in [0, 0.1) is 12.3 Å². The van der Waals surface area contributed by atoms with Crippen LogP contribution in [0.3, 0.4) is 0 Å². The number of hydrogen-bond donors (Lipinski definition) is 0. The van der Waals surface area contributed by atoms with Crippen molar-refractivity contribution in [2.45, 2.75) is 37.5 Å². The quantitative estimate of drug-likeness (QED) is 0.754. The van der Waals surface area contributed by atoms with E-state index in [1.165, 1.54) is 0 Å². The Labute approximate surface area is 141 Å². The van der Waals surface area contributed by atoms with E-state index in [1.54, 1.807) is 16.8 Å². The fourth-order valence-corrected chi connectivity index (χ4v) is 3.06. The first kappa shape index (κ1) is 16.2. The number of carbonyl (C=O) groups is 2. The SMILES string of the molecule is C#CCCC1(CCC(=O)N2CC(=O)N(C)C2c2ccccc2)N=N1. The number of terminal acetylenes is 1. The minimum Gasteiger partial charge on any atom is -0.320 e. The molecule has 1 fully saturated rings. The highest BCUT2D eigenvalue weighted by Crippen LogP contribution is 2.38. The third-order valence-electron chi connectivity index (χ3n) is 4.57. The van der Waals surface area contributed by atoms with Crippen molar-refractivity contribution in [3.05, 3.63) is 35.9 Å². The molecule has 6 heteroatoms. The van der Waals surface area contributed by atoms with E-state index in [2.05, 4.69) is 16.1 Å². The third kappa shape index (κ3) is 3.16. The van der Waals surface area contributed by atoms with Crippen molar-refractivity contribution in [3.63, 3.8) is 0 Å². The summed E-state index contributed by atoms with van der Waals surface area (Å²) in [5.74, 6) is 2.47. The summed E-state index contributed by atoms with van der Waals surface area (Å²) in [6.07, 6.45) is 7.06. The average Bonchev–Trinajstić information content (AvgIpc) is 3.31. The van der Waals surface area contributed by atoms with Gasteiger partial charge in [0.25, 0.3) is 0 Å². The van der Waals surface area contributed by atoms with Crippen molar-refractivity contribution in [1.82, 2.24) is 9.80 Å². The molecule has 6 nitrogen and oxygen atoms in total. The minimum atomic E-state index is -0.472. The second-order valence-corrected chi connectivity index (χ2v) is 6.20. The van der Waals surface area contributed by atoms with Gasteiger partial charge in [-0.25, -0.2) is 0 Å². The van der Waals surface area contributed by atoms with Gasteiger partial charge in [-0.3, -0.25) is 9.59 Å². The zero-order chi connectivity index (χ0) is 17.2. The van der Waals surface area contributed by atoms with Gasteiger partial charge in [0.2, 0.25) is 11.8 Å². The molecule has 0 radical (unpaired) electrons. The monoisotopic (exact) mass is 324 g/mol. The molecule has 1 atom stereocenters. The van der Waals surface area contributed by atoms with E-state index in [-0.39, 0.29) is 24.5 Å². The lowest BCUT2D eigenvalue weighted by Gasteiger charge is -2.28. The Morgan fingerprint density at radius 3 is 2.67 bits per heavy atom. The Kier molecular flexibility index (Phi) is 4.34. The molecule has 0 saturated carbocycles. The number of carbonyl (C=O) groups excluding carboxylic acids is 2. The van der Waals surface area contributed by atoms with Crippen LogP contribution in [0.1, 0.15) is 37.4 Å². The standard InChI is InChI=1S/C18H20N4O2/c1-3-4-11-18(19-20-18)12-10-15(23)22-13-16(24)21(2)17(22)14-8-6-5-7-9-14/h1,5-9,17H,4,10-13H2,2H3. The number of amides is 2. The highest BCUT2D eigenvalue weighted by Gasteiger charge is 2.42. The molecule has 1 aromatic carbocycles. The van der Waals surface area contributed by atoms with E-state index in [4.69, 9.17) is 6.42 Å². The van der Waals surface area contributed by atoms with E-state index < -0.39 is 5.66 Å². The fraction of sp³-hybridized carbons (Fsp3) is 0.444. The molecule has 1 saturated heterocycles. The van der Waals surface area contributed by atoms with Gasteiger partial charge >= 0.3 is 0 Å². The molecule has 124 valence electrons. The second kappa shape index (κ2) is 6.44. The molecule has 2 aliphatic rings. The number of rotatable bonds is 6. The van der Waals surface area contributed by atoms with Crippen LogP contribution in [0.25, 0.3) is 0 Å². The summed E-state index contributed by atoms with van der Waals surface area (Å²) in [4.78, 5) is 28.0. The van der Waals surface area contributed by atoms with Crippen molar-refractivity contribution in [2.24, 2.45) is 10.2 Å². The van der Waals surface area contributed by atoms with Crippen LogP contribution in [-0.4, -0.2) is 40.9 Å². The number of likely N-dealkylation sites (N-methyl/N-ethyl adjacent to an activating group) is 1. The summed E-state index contributed by atoms with van der Waals surface area (Å²) in [5.41, 5.74) is 0.460. The Morgan fingerprint density at radius 1 is 1.33 bits per heavy atom. The average molecular weight is 324 g/mol. The summed E-state index contributed by atoms with van der Waals surface area (Å²) >= 11 is 0. The van der Waals surface area contributed by atoms with E-state index in [9.17, 15) is 9.59 Å². The summed E-state index contributed by atoms with van der Waals surface area (Å²) in [5, 5.41) is 8.12. The van der Waals surface area contributed by atoms with Gasteiger partial charge in [0.1, 0.15) is 12.7 Å². The highest BCUT2D eigenvalue weighted by atomic mass is 16.2. The van der Waals surface area contributed by atoms with Crippen molar-refractivity contribution in [3.8, 4) is 12.3 Å². The predicted octanol–water partition coefficient (Wildman–Crippen LogP) is 2.34. The molecule has 0 spiro atoms. The van der Waals surface area contributed by atoms with E-state index in [1.807, 2.05) is 30.3 Å². The van der Waals surface area contributed by atoms with Crippen molar-refractivity contribution >= 4 is 11.8 Å². The Morgan fingerprint density at radius 2 is 2.04 bits per heavy atom. The van der Waals surface area contributed by atoms with Gasteiger partial charge in [0, 0.05) is 32.7 Å². The molecule has 2 aliphatic heterocycles. The zero-order valence-electron chi connectivity index (χ0n) is 13.7. The van der Waals surface area contributed by atoms with Gasteiger partial charge in [-0.15, -0.1) is 12.3 Å². The summed E-state index contributed by atoms with van der Waals surface area (Å²) in [6, 6.07) is 9.59. The van der Waals surface area contributed by atoms with Crippen molar-refractivity contribution < 1.29 is 9.59 Å². The molecule has 2 amide bonds. The van der Waals surface area contributed by atoms with Crippen LogP contribution in [-0.2, 0) is 9.59 Å². The molecule has 0 aromatic heterocycles. The molecular weight excluding hydrogens is 304 g/mol. The fourth-order valence-electron chi connectivity index (χ4n) is 3.06. The lowest BCUT2D eigenvalue weighted by molar-refractivity contribution is -0.133. The van der Waals surface area contributed by atoms with E-state index in [0.29, 0.717) is 25.7 Å². The van der Waals surface area contributed by atoms with Gasteiger partial charge in [-0.05, 0) is 5.56 Å². The van der Waals surface area contributed by atoms with Crippen LogP contribution in [0.5, 0.6) is 0 Å². The van der Waals surface area contributed by atoms with Gasteiger partial charge in [0.05, 0.1) is 0 Å². The lowest BCUT2D eigenvalue weighted by Crippen LogP contribution is -2.34. The first-order chi connectivity index (χ1) is 11.6. The number of hydrogen-bond acceptors (Lipinski definition) is 4. The topological polar surface area (TPSA) is 65.3 Å². The molecule has 1 aromatic rings. The molecule has 3 rings (SSSR count). The third-order valence-corrected chi connectivity index (χ3v) is 4.57. The molecule has 24 heavy (non-hydrogen) atoms. The Bertz CT molecular complexity index is 701. The first-order valence-corrected chi connectivity index (χ1v) is 8.04. The van der Waals surface area contributed by atoms with Crippen LogP contribution in [0.2, 0.25) is 0 Å². The van der Waals surface area contributed by atoms with Gasteiger partial charge < -0.3 is 9.80 Å². The number of nitrogens with zero attached hydrogens (tertiary/aromatic N) is 4. The van der Waals surface area contributed by atoms with Crippen molar-refractivity contribution in [2.75, 3.05) is 13.6 Å². The lowest BCUT2D eigenvalue weighted by atomic mass is 10.0. The molecular formula is C18H20N4O2. The molecule has 1 unspecified atom stereocenters. The predicted molar refractivity (Wildman–Crippen MR) is 88.6 cm³/mol. The maximum Gasteiger partial charge on any atom is 0.243 e. The summed E-state index contributed by atoms with van der Waals surface area (Å²) < 4.78 is 0. The summed E-state index contributed by atoms with van der Waals surface area (Å²) in [6.45, 7) is 0.112. The maximum absolute atomic E-state index is 12.7. The minimum absolute atomic E-state index is 0.0555. The normalized spacial score (nSPS) is 21.0. The van der Waals surface area contributed by atoms with E-state index in [0.717, 1.165) is 5.56 Å². The van der Waals surface area contributed by atoms with Crippen molar-refractivity contribution in [1.29, 1.82) is 0 Å². The first-order valence-electron chi connectivity index (χ1n) is 8.04. The van der Waals surface area contributed by atoms with Gasteiger partial charge in [-0.1, -0.05) is 30.3 Å². The number of benzene rings is 1. The summed E-state index contributed by atoms with van der Waals surface area (Å²) in [7, 11) is 1.73. The molecule has 2 heterocycles. The van der Waals surface area contributed by atoms with Crippen LogP contribution >= 0.6 is 0 Å². The van der Waals surface area contributed by atoms with E-state index >= 15 is 0 Å². The largest absolute Gasteiger partial charge is 0.320 e. The van der Waals surface area contributed by atoms with Crippen LogP contribution in [0.4, 0.5) is 0 Å². The maximum atomic E-state index is 12.7. The molecule has 0 N–H and O–H groups in total. The second-order valence-electron chi connectivity index (χ2n) is 6.20. The van der Waals surface area contributed by atoms with Crippen LogP contribution < -0.4 is 0 Å². The smallest absolute Gasteiger partial charge is 0.243 e. The van der Waals surface area contributed by atoms with Gasteiger partial charge in [-0.2, -0.15) is 10.2 Å². The van der Waals surface area contributed by atoms with Gasteiger partial charge in [0.15, 0.2) is 5.66 Å². The zero-order valence-corrected chi connectivity index (χ0v) is 13.7. The molecule has 0 bridgehead atoms. The Hall–Kier alpha value is -2.68. The van der Waals surface area contributed by atoms with Crippen LogP contribution in [0.15, 0.2) is 40.6 Å². The highest BCUT2D eigenvalue weighted by molar-refractivity contribution is 5.88. The molecule has 0 aliphatic carbocycles. The Balaban J connectivity index is 1.67.